The van der Waals surface area contributed by atoms with Crippen molar-refractivity contribution in [3.05, 3.63) is 6.20 Å². The van der Waals surface area contributed by atoms with Crippen molar-refractivity contribution in [3.8, 4) is 0 Å². The minimum Gasteiger partial charge on any atom is -0.298 e. The summed E-state index contributed by atoms with van der Waals surface area (Å²) in [4.78, 5) is 4.22. The van der Waals surface area contributed by atoms with E-state index in [0.717, 1.165) is 17.6 Å². The van der Waals surface area contributed by atoms with Gasteiger partial charge < -0.3 is 0 Å². The molecule has 1 heterocycles. The number of anilines is 1. The Bertz CT molecular complexity index is 599. The van der Waals surface area contributed by atoms with Crippen molar-refractivity contribution >= 4 is 45.7 Å². The summed E-state index contributed by atoms with van der Waals surface area (Å²) in [6, 6.07) is 0. The van der Waals surface area contributed by atoms with Gasteiger partial charge in [-0.3, -0.25) is 13.6 Å². The van der Waals surface area contributed by atoms with Crippen LogP contribution in [-0.2, 0) is 20.1 Å². The van der Waals surface area contributed by atoms with Gasteiger partial charge in [-0.15, -0.1) is 0 Å². The summed E-state index contributed by atoms with van der Waals surface area (Å²) in [7, 11) is -7.63. The van der Waals surface area contributed by atoms with Crippen molar-refractivity contribution < 1.29 is 17.2 Å². The second kappa shape index (κ2) is 7.38. The molecule has 124 valence electrons. The van der Waals surface area contributed by atoms with E-state index in [9.17, 15) is 17.2 Å². The van der Waals surface area contributed by atoms with Gasteiger partial charge in [0.1, 0.15) is 5.00 Å². The van der Waals surface area contributed by atoms with E-state index in [1.807, 2.05) is 25.1 Å². The van der Waals surface area contributed by atoms with Crippen molar-refractivity contribution in [1.82, 2.24) is 9.29 Å². The van der Waals surface area contributed by atoms with Crippen LogP contribution in [0.2, 0.25) is 0 Å². The van der Waals surface area contributed by atoms with Crippen LogP contribution in [-0.4, -0.2) is 51.6 Å². The number of rotatable bonds is 8. The van der Waals surface area contributed by atoms with Gasteiger partial charge in [0.05, 0.1) is 12.5 Å². The van der Waals surface area contributed by atoms with E-state index in [-0.39, 0.29) is 0 Å². The number of nitrogens with one attached hydrogen (secondary N) is 1. The molecule has 11 heteroatoms. The molecular formula is C10H21N3O4S4. The Kier molecular flexibility index (Phi) is 6.62. The number of hydrogen-bond donors (Lipinski definition) is 2. The van der Waals surface area contributed by atoms with Crippen LogP contribution in [0.15, 0.2) is 10.5 Å². The minimum absolute atomic E-state index is 0.357. The molecule has 0 aliphatic heterocycles. The Morgan fingerprint density at radius 2 is 1.95 bits per heavy atom. The highest BCUT2D eigenvalue weighted by molar-refractivity contribution is 8.85. The topological polar surface area (TPSA) is 99.6 Å². The van der Waals surface area contributed by atoms with Crippen LogP contribution >= 0.6 is 20.6 Å². The highest BCUT2D eigenvalue weighted by atomic mass is 33.2. The molecule has 2 unspecified atom stereocenters. The number of sulfonamides is 1. The fourth-order valence-corrected chi connectivity index (χ4v) is 10.3. The maximum Gasteiger partial charge on any atom is 0.230 e. The molecule has 7 nitrogen and oxygen atoms in total. The third kappa shape index (κ3) is 4.17. The summed E-state index contributed by atoms with van der Waals surface area (Å²) in [5, 5.41) is 0.357. The molecule has 2 N–H and O–H groups in total. The molecule has 0 spiro atoms. The molecule has 0 amide bonds. The summed E-state index contributed by atoms with van der Waals surface area (Å²) in [6.07, 6.45) is 2.45. The quantitative estimate of drug-likeness (QED) is 0.533. The minimum atomic E-state index is -3.39. The van der Waals surface area contributed by atoms with E-state index >= 15 is 0 Å². The number of hydrogen-bond acceptors (Lipinski definition) is 6. The molecular weight excluding hydrogens is 354 g/mol. The zero-order chi connectivity index (χ0) is 16.3. The average Bonchev–Trinajstić information content (AvgIpc) is 2.81. The monoisotopic (exact) mass is 375 g/mol. The first-order valence-corrected chi connectivity index (χ1v) is 12.4. The Balaban J connectivity index is 3.31. The molecule has 0 fully saturated rings. The zero-order valence-corrected chi connectivity index (χ0v) is 15.7. The molecule has 0 aromatic carbocycles. The van der Waals surface area contributed by atoms with Crippen LogP contribution in [0.25, 0.3) is 0 Å². The van der Waals surface area contributed by atoms with Crippen LogP contribution in [0.1, 0.15) is 20.8 Å². The first-order valence-electron chi connectivity index (χ1n) is 6.32. The molecule has 0 saturated heterocycles. The Labute approximate surface area is 133 Å². The molecule has 1 aromatic rings. The van der Waals surface area contributed by atoms with E-state index in [1.54, 1.807) is 0 Å². The zero-order valence-electron chi connectivity index (χ0n) is 12.4. The molecule has 0 aliphatic carbocycles. The molecule has 1 rings (SSSR count). The second-order valence-corrected chi connectivity index (χ2v) is 12.9. The Morgan fingerprint density at radius 1 is 1.38 bits per heavy atom. The van der Waals surface area contributed by atoms with Gasteiger partial charge in [-0.25, -0.2) is 17.6 Å². The third-order valence-corrected chi connectivity index (χ3v) is 12.1. The first-order chi connectivity index (χ1) is 9.71. The van der Waals surface area contributed by atoms with E-state index in [0.29, 0.717) is 28.2 Å². The van der Waals surface area contributed by atoms with Crippen molar-refractivity contribution in [2.45, 2.75) is 25.1 Å². The van der Waals surface area contributed by atoms with Gasteiger partial charge >= 0.3 is 0 Å². The van der Waals surface area contributed by atoms with E-state index < -0.39 is 29.4 Å². The summed E-state index contributed by atoms with van der Waals surface area (Å²) in [5.74, 6) is 0.476. The fourth-order valence-electron chi connectivity index (χ4n) is 1.94. The number of thiazole rings is 1. The summed E-state index contributed by atoms with van der Waals surface area (Å²) >= 11 is 1.12. The molecule has 0 bridgehead atoms. The molecule has 0 radical (unpaired) electrons. The fraction of sp³-hybridized carbons (Fsp3) is 0.700. The molecule has 21 heavy (non-hydrogen) atoms. The Hall–Kier alpha value is -0.200. The first kappa shape index (κ1) is 18.8. The van der Waals surface area contributed by atoms with Gasteiger partial charge in [-0.1, -0.05) is 32.1 Å². The smallest absolute Gasteiger partial charge is 0.230 e. The molecule has 0 aliphatic rings. The predicted octanol–water partition coefficient (Wildman–Crippen LogP) is 2.09. The highest BCUT2D eigenvalue weighted by Gasteiger charge is 2.39. The molecule has 0 saturated carbocycles. The van der Waals surface area contributed by atoms with Gasteiger partial charge in [0, 0.05) is 18.8 Å². The van der Waals surface area contributed by atoms with Crippen molar-refractivity contribution in [3.63, 3.8) is 0 Å². The van der Waals surface area contributed by atoms with E-state index in [2.05, 4.69) is 9.71 Å². The van der Waals surface area contributed by atoms with Crippen LogP contribution in [0.5, 0.6) is 0 Å². The lowest BCUT2D eigenvalue weighted by atomic mass is 10.7. The summed E-state index contributed by atoms with van der Waals surface area (Å²) in [5.41, 5.74) is 0. The number of aromatic nitrogens is 1. The van der Waals surface area contributed by atoms with Crippen LogP contribution in [0.4, 0.5) is 5.00 Å². The largest absolute Gasteiger partial charge is 0.298 e. The van der Waals surface area contributed by atoms with Crippen LogP contribution in [0, 0.1) is 0 Å². The van der Waals surface area contributed by atoms with Gasteiger partial charge in [0.25, 0.3) is 0 Å². The highest BCUT2D eigenvalue weighted by Crippen LogP contribution is 2.62. The lowest BCUT2D eigenvalue weighted by Crippen LogP contribution is -2.32. The average molecular weight is 376 g/mol. The van der Waals surface area contributed by atoms with Crippen molar-refractivity contribution in [1.29, 1.82) is 0 Å². The Morgan fingerprint density at radius 3 is 2.33 bits per heavy atom. The van der Waals surface area contributed by atoms with Crippen LogP contribution in [0.3, 0.4) is 0 Å². The van der Waals surface area contributed by atoms with Crippen LogP contribution < -0.4 is 4.72 Å². The van der Waals surface area contributed by atoms with E-state index in [4.69, 9.17) is 0 Å². The predicted molar refractivity (Wildman–Crippen MR) is 90.7 cm³/mol. The molecule has 1 aromatic heterocycles. The summed E-state index contributed by atoms with van der Waals surface area (Å²) in [6.45, 7) is 6.96. The maximum atomic E-state index is 12.0. The molecule has 2 atom stereocenters. The SMILES string of the molecule is CCN(CC)S(CC)(c1ncc(NS(C)(=O)=O)s1)S(=O)O. The maximum absolute atomic E-state index is 12.0. The lowest BCUT2D eigenvalue weighted by Gasteiger charge is -2.42. The van der Waals surface area contributed by atoms with Gasteiger partial charge in [0.15, 0.2) is 4.34 Å². The standard InChI is InChI=1S/C10H21N3O4S4/c1-5-13(6-2)21(7-3,19(14)15)10-11-8-9(18-10)12-20(4,16)17/h8,12H,5-7H2,1-4H3,(H,14,15). The van der Waals surface area contributed by atoms with E-state index in [1.165, 1.54) is 6.20 Å². The van der Waals surface area contributed by atoms with Gasteiger partial charge in [0.2, 0.25) is 20.1 Å². The second-order valence-electron chi connectivity index (χ2n) is 4.13. The summed E-state index contributed by atoms with van der Waals surface area (Å²) < 4.78 is 49.3. The number of nitrogens with zero attached hydrogens (tertiary/aromatic N) is 2. The van der Waals surface area contributed by atoms with Crippen molar-refractivity contribution in [2.24, 2.45) is 0 Å². The van der Waals surface area contributed by atoms with Crippen molar-refractivity contribution in [2.75, 3.05) is 29.8 Å². The normalized spacial score (nSPS) is 18.2. The third-order valence-electron chi connectivity index (χ3n) is 2.79. The van der Waals surface area contributed by atoms with Gasteiger partial charge in [-0.05, 0) is 9.25 Å². The van der Waals surface area contributed by atoms with Gasteiger partial charge in [-0.2, -0.15) is 0 Å². The lowest BCUT2D eigenvalue weighted by molar-refractivity contribution is 0.507.